The zero-order valence-electron chi connectivity index (χ0n) is 15.0. The smallest absolute Gasteiger partial charge is 0.229 e. The molecule has 2 amide bonds. The summed E-state index contributed by atoms with van der Waals surface area (Å²) < 4.78 is 1.72. The first-order chi connectivity index (χ1) is 13.6. The van der Waals surface area contributed by atoms with Gasteiger partial charge in [0.1, 0.15) is 12.7 Å². The molecule has 0 spiro atoms. The van der Waals surface area contributed by atoms with Gasteiger partial charge in [0, 0.05) is 18.7 Å². The van der Waals surface area contributed by atoms with Crippen LogP contribution in [-0.4, -0.2) is 33.1 Å². The molecule has 4 rings (SSSR count). The van der Waals surface area contributed by atoms with E-state index in [1.807, 2.05) is 36.4 Å². The van der Waals surface area contributed by atoms with Gasteiger partial charge in [-0.05, 0) is 29.8 Å². The number of rotatable bonds is 5. The van der Waals surface area contributed by atoms with Crippen LogP contribution in [-0.2, 0) is 16.1 Å². The molecule has 28 heavy (non-hydrogen) atoms. The molecule has 1 fully saturated rings. The molecule has 8 heteroatoms. The van der Waals surface area contributed by atoms with Crippen LogP contribution in [0.4, 0.5) is 11.4 Å². The molecule has 1 aromatic heterocycles. The van der Waals surface area contributed by atoms with Crippen LogP contribution in [0.5, 0.6) is 0 Å². The maximum absolute atomic E-state index is 12.6. The van der Waals surface area contributed by atoms with E-state index in [1.165, 1.54) is 6.33 Å². The second-order valence-corrected chi connectivity index (χ2v) is 7.04. The molecule has 1 aliphatic heterocycles. The minimum absolute atomic E-state index is 0.101. The Hall–Kier alpha value is -3.19. The third kappa shape index (κ3) is 3.89. The Balaban J connectivity index is 1.39. The van der Waals surface area contributed by atoms with Crippen LogP contribution < -0.4 is 10.2 Å². The Morgan fingerprint density at radius 1 is 1.18 bits per heavy atom. The fourth-order valence-corrected chi connectivity index (χ4v) is 3.46. The van der Waals surface area contributed by atoms with E-state index in [1.54, 1.807) is 28.0 Å². The van der Waals surface area contributed by atoms with Gasteiger partial charge in [-0.2, -0.15) is 5.10 Å². The number of anilines is 2. The summed E-state index contributed by atoms with van der Waals surface area (Å²) in [5, 5.41) is 7.46. The van der Waals surface area contributed by atoms with E-state index in [0.717, 1.165) is 5.56 Å². The average molecular weight is 396 g/mol. The van der Waals surface area contributed by atoms with Crippen LogP contribution >= 0.6 is 11.6 Å². The lowest BCUT2D eigenvalue weighted by atomic mass is 10.1. The van der Waals surface area contributed by atoms with Gasteiger partial charge in [0.15, 0.2) is 0 Å². The van der Waals surface area contributed by atoms with Crippen LogP contribution in [0.15, 0.2) is 61.2 Å². The average Bonchev–Trinajstić information content (AvgIpc) is 3.33. The molecular formula is C20H18ClN5O2. The Bertz CT molecular complexity index is 988. The Morgan fingerprint density at radius 3 is 2.68 bits per heavy atom. The standard InChI is InChI=1S/C20H18ClN5O2/c21-17-3-1-2-4-18(17)26-11-15(9-19(26)27)20(28)24-16-7-5-14(6-8-16)10-25-13-22-12-23-25/h1-8,12-13,15H,9-11H2,(H,24,28)/t15-/m0/s1. The van der Waals surface area contributed by atoms with Crippen molar-refractivity contribution in [3.05, 3.63) is 71.8 Å². The van der Waals surface area contributed by atoms with Crippen LogP contribution in [0.25, 0.3) is 0 Å². The number of carbonyl (C=O) groups is 2. The monoisotopic (exact) mass is 395 g/mol. The van der Waals surface area contributed by atoms with Crippen LogP contribution in [0.1, 0.15) is 12.0 Å². The number of amides is 2. The number of para-hydroxylation sites is 1. The van der Waals surface area contributed by atoms with E-state index in [-0.39, 0.29) is 18.2 Å². The van der Waals surface area contributed by atoms with Gasteiger partial charge >= 0.3 is 0 Å². The Labute approximate surface area is 166 Å². The van der Waals surface area contributed by atoms with Crippen LogP contribution in [0.3, 0.4) is 0 Å². The Morgan fingerprint density at radius 2 is 1.96 bits per heavy atom. The predicted molar refractivity (Wildman–Crippen MR) is 106 cm³/mol. The van der Waals surface area contributed by atoms with E-state index < -0.39 is 5.92 Å². The first-order valence-corrected chi connectivity index (χ1v) is 9.25. The lowest BCUT2D eigenvalue weighted by Gasteiger charge is -2.18. The fraction of sp³-hybridized carbons (Fsp3) is 0.200. The molecule has 0 unspecified atom stereocenters. The molecule has 1 aliphatic rings. The van der Waals surface area contributed by atoms with Crippen molar-refractivity contribution in [3.8, 4) is 0 Å². The van der Waals surface area contributed by atoms with E-state index in [0.29, 0.717) is 29.5 Å². The zero-order chi connectivity index (χ0) is 19.5. The number of hydrogen-bond donors (Lipinski definition) is 1. The first kappa shape index (κ1) is 18.2. The third-order valence-electron chi connectivity index (χ3n) is 4.67. The highest BCUT2D eigenvalue weighted by atomic mass is 35.5. The normalized spacial score (nSPS) is 16.4. The van der Waals surface area contributed by atoms with E-state index >= 15 is 0 Å². The summed E-state index contributed by atoms with van der Waals surface area (Å²) in [6, 6.07) is 14.7. The highest BCUT2D eigenvalue weighted by molar-refractivity contribution is 6.33. The van der Waals surface area contributed by atoms with Gasteiger partial charge in [-0.25, -0.2) is 9.67 Å². The topological polar surface area (TPSA) is 80.1 Å². The van der Waals surface area contributed by atoms with Crippen molar-refractivity contribution < 1.29 is 9.59 Å². The van der Waals surface area contributed by atoms with Crippen molar-refractivity contribution in [2.24, 2.45) is 5.92 Å². The fourth-order valence-electron chi connectivity index (χ4n) is 3.23. The van der Waals surface area contributed by atoms with E-state index in [9.17, 15) is 9.59 Å². The minimum atomic E-state index is -0.418. The summed E-state index contributed by atoms with van der Waals surface area (Å²) in [6.07, 6.45) is 3.31. The molecule has 2 heterocycles. The highest BCUT2D eigenvalue weighted by Gasteiger charge is 2.35. The second-order valence-electron chi connectivity index (χ2n) is 6.64. The molecule has 0 radical (unpaired) electrons. The van der Waals surface area contributed by atoms with Crippen molar-refractivity contribution in [2.75, 3.05) is 16.8 Å². The number of hydrogen-bond acceptors (Lipinski definition) is 4. The number of aromatic nitrogens is 3. The molecule has 142 valence electrons. The maximum Gasteiger partial charge on any atom is 0.229 e. The molecule has 0 bridgehead atoms. The quantitative estimate of drug-likeness (QED) is 0.720. The third-order valence-corrected chi connectivity index (χ3v) is 4.99. The van der Waals surface area contributed by atoms with Gasteiger partial charge in [-0.1, -0.05) is 35.9 Å². The van der Waals surface area contributed by atoms with Crippen molar-refractivity contribution >= 4 is 34.8 Å². The largest absolute Gasteiger partial charge is 0.326 e. The van der Waals surface area contributed by atoms with Gasteiger partial charge in [0.2, 0.25) is 11.8 Å². The molecular weight excluding hydrogens is 378 g/mol. The van der Waals surface area contributed by atoms with Gasteiger partial charge < -0.3 is 10.2 Å². The summed E-state index contributed by atoms with van der Waals surface area (Å²) in [4.78, 5) is 30.5. The summed E-state index contributed by atoms with van der Waals surface area (Å²) in [6.45, 7) is 0.928. The summed E-state index contributed by atoms with van der Waals surface area (Å²) in [5.41, 5.74) is 2.38. The van der Waals surface area contributed by atoms with E-state index in [4.69, 9.17) is 11.6 Å². The van der Waals surface area contributed by atoms with Crippen molar-refractivity contribution in [1.29, 1.82) is 0 Å². The summed E-state index contributed by atoms with van der Waals surface area (Å²) >= 11 is 6.19. The minimum Gasteiger partial charge on any atom is -0.326 e. The SMILES string of the molecule is O=C(Nc1ccc(Cn2cncn2)cc1)[C@H]1CC(=O)N(c2ccccc2Cl)C1. The highest BCUT2D eigenvalue weighted by Crippen LogP contribution is 2.31. The van der Waals surface area contributed by atoms with Gasteiger partial charge in [-0.15, -0.1) is 0 Å². The molecule has 2 aromatic carbocycles. The van der Waals surface area contributed by atoms with Crippen LogP contribution in [0.2, 0.25) is 5.02 Å². The lowest BCUT2D eigenvalue weighted by Crippen LogP contribution is -2.28. The number of carbonyl (C=O) groups excluding carboxylic acids is 2. The lowest BCUT2D eigenvalue weighted by molar-refractivity contribution is -0.122. The van der Waals surface area contributed by atoms with Crippen molar-refractivity contribution in [2.45, 2.75) is 13.0 Å². The van der Waals surface area contributed by atoms with E-state index in [2.05, 4.69) is 15.4 Å². The van der Waals surface area contributed by atoms with Gasteiger partial charge in [0.25, 0.3) is 0 Å². The predicted octanol–water partition coefficient (Wildman–Crippen LogP) is 2.97. The summed E-state index contributed by atoms with van der Waals surface area (Å²) in [5.74, 6) is -0.693. The molecule has 1 saturated heterocycles. The molecule has 3 aromatic rings. The van der Waals surface area contributed by atoms with Gasteiger partial charge in [0.05, 0.1) is 23.2 Å². The Kier molecular flexibility index (Phi) is 5.08. The molecule has 1 N–H and O–H groups in total. The van der Waals surface area contributed by atoms with Crippen molar-refractivity contribution in [3.63, 3.8) is 0 Å². The first-order valence-electron chi connectivity index (χ1n) is 8.87. The number of nitrogens with one attached hydrogen (secondary N) is 1. The number of benzene rings is 2. The molecule has 0 aliphatic carbocycles. The van der Waals surface area contributed by atoms with Crippen LogP contribution in [0, 0.1) is 5.92 Å². The maximum atomic E-state index is 12.6. The number of nitrogens with zero attached hydrogens (tertiary/aromatic N) is 4. The van der Waals surface area contributed by atoms with Crippen molar-refractivity contribution in [1.82, 2.24) is 14.8 Å². The molecule has 1 atom stereocenters. The molecule has 7 nitrogen and oxygen atoms in total. The molecule has 0 saturated carbocycles. The number of halogens is 1. The van der Waals surface area contributed by atoms with Gasteiger partial charge in [-0.3, -0.25) is 9.59 Å². The zero-order valence-corrected chi connectivity index (χ0v) is 15.7. The second kappa shape index (κ2) is 7.82. The summed E-state index contributed by atoms with van der Waals surface area (Å²) in [7, 11) is 0.